The minimum absolute atomic E-state index is 0. The molecule has 0 aromatic heterocycles. The number of rotatable bonds is 4. The van der Waals surface area contributed by atoms with Crippen molar-refractivity contribution in [2.24, 2.45) is 0 Å². The number of hydrogen-bond acceptors (Lipinski definition) is 0. The van der Waals surface area contributed by atoms with Crippen molar-refractivity contribution in [3.8, 4) is 0 Å². The Labute approximate surface area is 175 Å². The van der Waals surface area contributed by atoms with Gasteiger partial charge in [-0.25, -0.2) is 0 Å². The molecule has 0 radical (unpaired) electrons. The van der Waals surface area contributed by atoms with Crippen LogP contribution in [0.1, 0.15) is 65.2 Å². The van der Waals surface area contributed by atoms with Crippen molar-refractivity contribution in [1.82, 2.24) is 0 Å². The molecule has 0 amide bonds. The zero-order valence-corrected chi connectivity index (χ0v) is 22.1. The van der Waals surface area contributed by atoms with E-state index in [-0.39, 0.29) is 24.8 Å². The Hall–Kier alpha value is 0.640. The molecular formula is C22H36Cl2SiZr. The van der Waals surface area contributed by atoms with E-state index in [1.54, 1.807) is 11.1 Å². The quantitative estimate of drug-likeness (QED) is 0.360. The fourth-order valence-corrected chi connectivity index (χ4v) is 26.7. The molecule has 4 aliphatic carbocycles. The van der Waals surface area contributed by atoms with Crippen LogP contribution in [0.15, 0.2) is 46.6 Å². The van der Waals surface area contributed by atoms with Gasteiger partial charge >= 0.3 is 152 Å². The van der Waals surface area contributed by atoms with Crippen LogP contribution in [0.25, 0.3) is 0 Å². The maximum absolute atomic E-state index is 2.97. The van der Waals surface area contributed by atoms with E-state index >= 15 is 0 Å². The maximum Gasteiger partial charge on any atom is -0.147 e. The van der Waals surface area contributed by atoms with Gasteiger partial charge in [-0.05, 0) is 0 Å². The second kappa shape index (κ2) is 8.56. The van der Waals surface area contributed by atoms with E-state index in [2.05, 4.69) is 45.0 Å². The maximum atomic E-state index is 2.70. The number of halogens is 2. The van der Waals surface area contributed by atoms with Crippen LogP contribution in [0.5, 0.6) is 0 Å². The van der Waals surface area contributed by atoms with Crippen molar-refractivity contribution in [3.05, 3.63) is 46.6 Å². The normalized spacial score (nSPS) is 27.8. The van der Waals surface area contributed by atoms with Gasteiger partial charge < -0.3 is 0 Å². The summed E-state index contributed by atoms with van der Waals surface area (Å²) in [6.07, 6.45) is 21.8. The molecule has 0 nitrogen and oxygen atoms in total. The average molecular weight is 491 g/mol. The van der Waals surface area contributed by atoms with Crippen molar-refractivity contribution in [2.45, 2.75) is 80.7 Å². The van der Waals surface area contributed by atoms with Crippen LogP contribution in [0.3, 0.4) is 0 Å². The molecule has 0 N–H and O–H groups in total. The molecule has 0 fully saturated rings. The fraction of sp³-hybridized carbons (Fsp3) is 0.636. The molecule has 0 saturated heterocycles. The molecule has 146 valence electrons. The van der Waals surface area contributed by atoms with E-state index in [4.69, 9.17) is 0 Å². The Kier molecular flexibility index (Phi) is 7.55. The van der Waals surface area contributed by atoms with E-state index < -0.39 is 17.4 Å². The van der Waals surface area contributed by atoms with Gasteiger partial charge in [-0.3, -0.25) is 0 Å². The van der Waals surface area contributed by atoms with Gasteiger partial charge in [0.05, 0.1) is 0 Å². The number of hydrogen-bond donors (Lipinski definition) is 0. The van der Waals surface area contributed by atoms with E-state index in [1.165, 1.54) is 59.6 Å². The van der Waals surface area contributed by atoms with Crippen LogP contribution >= 0.6 is 24.8 Å². The molecule has 4 heteroatoms. The third-order valence-electron chi connectivity index (χ3n) is 8.34. The van der Waals surface area contributed by atoms with Crippen LogP contribution in [-0.4, -0.2) is 6.88 Å². The minimum Gasteiger partial charge on any atom is -0.147 e. The van der Waals surface area contributed by atoms with Crippen LogP contribution in [0.4, 0.5) is 0 Å². The van der Waals surface area contributed by atoms with Gasteiger partial charge in [0.2, 0.25) is 0 Å². The van der Waals surface area contributed by atoms with Crippen LogP contribution in [0, 0.1) is 0 Å². The zero-order valence-electron chi connectivity index (χ0n) is 16.6. The smallest absolute Gasteiger partial charge is 0.147 e. The Morgan fingerprint density at radius 3 is 1.54 bits per heavy atom. The van der Waals surface area contributed by atoms with Crippen LogP contribution in [0.2, 0.25) is 15.5 Å². The first-order valence-electron chi connectivity index (χ1n) is 10.5. The molecule has 0 aromatic rings. The van der Waals surface area contributed by atoms with E-state index in [0.717, 1.165) is 7.25 Å². The molecule has 4 aliphatic rings. The molecule has 0 saturated carbocycles. The van der Waals surface area contributed by atoms with Gasteiger partial charge in [0.15, 0.2) is 0 Å². The Morgan fingerprint density at radius 1 is 0.769 bits per heavy atom. The second-order valence-corrected chi connectivity index (χ2v) is 36.8. The minimum atomic E-state index is -2.97. The van der Waals surface area contributed by atoms with Crippen molar-refractivity contribution in [3.63, 3.8) is 0 Å². The van der Waals surface area contributed by atoms with Crippen molar-refractivity contribution in [1.29, 1.82) is 0 Å². The summed E-state index contributed by atoms with van der Waals surface area (Å²) >= 11 is -2.97. The average Bonchev–Trinajstić information content (AvgIpc) is 3.26. The molecule has 2 unspecified atom stereocenters. The summed E-state index contributed by atoms with van der Waals surface area (Å²) in [5, 5.41) is 0. The largest absolute Gasteiger partial charge is 0.147 e. The van der Waals surface area contributed by atoms with Gasteiger partial charge in [-0.1, -0.05) is 0 Å². The van der Waals surface area contributed by atoms with Crippen molar-refractivity contribution >= 4 is 31.7 Å². The predicted molar refractivity (Wildman–Crippen MR) is 121 cm³/mol. The third kappa shape index (κ3) is 3.30. The summed E-state index contributed by atoms with van der Waals surface area (Å²) in [5.74, 6) is 0. The summed E-state index contributed by atoms with van der Waals surface area (Å²) in [4.78, 5) is 0. The molecule has 0 heterocycles. The van der Waals surface area contributed by atoms with Gasteiger partial charge in [0.1, 0.15) is 0 Å². The zero-order chi connectivity index (χ0) is 16.8. The van der Waals surface area contributed by atoms with Gasteiger partial charge in [0, 0.05) is 0 Å². The second-order valence-electron chi connectivity index (χ2n) is 9.04. The summed E-state index contributed by atoms with van der Waals surface area (Å²) in [7, 11) is 0. The molecule has 26 heavy (non-hydrogen) atoms. The van der Waals surface area contributed by atoms with E-state index in [9.17, 15) is 0 Å². The predicted octanol–water partition coefficient (Wildman–Crippen LogP) is 7.40. The summed E-state index contributed by atoms with van der Waals surface area (Å²) in [6, 6.07) is 0. The standard InChI is InChI=1S/2C9H11.2C2H5.2ClH.H2Si.Zr/c2*1-2-5-9-7-3-6-8(9)4-1;2*1-2;;;;/h2*3,6-7H,1-2,4-5H2;2*1H2,2H3;2*1H;1H2;. The molecule has 0 bridgehead atoms. The van der Waals surface area contributed by atoms with Gasteiger partial charge in [-0.15, -0.1) is 24.8 Å². The third-order valence-corrected chi connectivity index (χ3v) is 39.3. The molecule has 0 aromatic carbocycles. The summed E-state index contributed by atoms with van der Waals surface area (Å²) in [5.41, 5.74) is 7.31. The van der Waals surface area contributed by atoms with Crippen LogP contribution < -0.4 is 0 Å². The molecule has 2 atom stereocenters. The SMILES string of the molecule is C[CH2][Zr](=[SiH2])([CH2]C)([CH]1C=CC2=C1CCCC2)[CH]1C=CC2=C1CCCC2.Cl.Cl. The van der Waals surface area contributed by atoms with Crippen molar-refractivity contribution in [2.75, 3.05) is 0 Å². The monoisotopic (exact) mass is 488 g/mol. The van der Waals surface area contributed by atoms with E-state index in [1.807, 2.05) is 11.1 Å². The van der Waals surface area contributed by atoms with E-state index in [0.29, 0.717) is 0 Å². The molecule has 0 aliphatic heterocycles. The summed E-state index contributed by atoms with van der Waals surface area (Å²) in [6.45, 7) is 7.71. The Bertz CT molecular complexity index is 679. The Morgan fingerprint density at radius 2 is 1.15 bits per heavy atom. The first-order valence-corrected chi connectivity index (χ1v) is 22.7. The molecule has 4 rings (SSSR count). The summed E-state index contributed by atoms with van der Waals surface area (Å²) < 4.78 is 4.74. The van der Waals surface area contributed by atoms with Gasteiger partial charge in [-0.2, -0.15) is 0 Å². The number of allylic oxidation sites excluding steroid dienone is 8. The first-order chi connectivity index (χ1) is 11.6. The molecular weight excluding hydrogens is 454 g/mol. The first kappa shape index (κ1) is 22.9. The topological polar surface area (TPSA) is 0 Å². The molecule has 0 spiro atoms. The van der Waals surface area contributed by atoms with Crippen molar-refractivity contribution < 1.29 is 17.4 Å². The fourth-order valence-electron chi connectivity index (χ4n) is 6.44. The Balaban J connectivity index is 0.00000121. The van der Waals surface area contributed by atoms with Gasteiger partial charge in [0.25, 0.3) is 0 Å². The van der Waals surface area contributed by atoms with Crippen LogP contribution in [-0.2, 0) is 17.4 Å².